The van der Waals surface area contributed by atoms with Crippen molar-refractivity contribution in [3.05, 3.63) is 11.4 Å². The molecule has 0 bridgehead atoms. The molecule has 0 saturated carbocycles. The summed E-state index contributed by atoms with van der Waals surface area (Å²) in [4.78, 5) is 21.5. The molecular weight excluding hydrogens is 278 g/mol. The molecule has 0 saturated heterocycles. The summed E-state index contributed by atoms with van der Waals surface area (Å²) in [5.41, 5.74) is -0.539. The topological polar surface area (TPSA) is 130 Å². The number of aryl methyl sites for hydroxylation is 1. The quantitative estimate of drug-likeness (QED) is 0.680. The first-order valence-corrected chi connectivity index (χ1v) is 6.47. The van der Waals surface area contributed by atoms with Crippen molar-refractivity contribution >= 4 is 22.0 Å². The second-order valence-corrected chi connectivity index (χ2v) is 5.65. The molecule has 19 heavy (non-hydrogen) atoms. The zero-order valence-corrected chi connectivity index (χ0v) is 11.3. The number of carboxylic acid groups (broad SMARTS) is 1. The van der Waals surface area contributed by atoms with Crippen molar-refractivity contribution in [1.82, 2.24) is 14.5 Å². The number of ether oxygens (including phenoxy) is 1. The summed E-state index contributed by atoms with van der Waals surface area (Å²) in [6.07, 6.45) is 0. The molecule has 0 atom stereocenters. The zero-order valence-electron chi connectivity index (χ0n) is 10.5. The molecule has 9 nitrogen and oxygen atoms in total. The first-order chi connectivity index (χ1) is 8.71. The van der Waals surface area contributed by atoms with Crippen LogP contribution < -0.4 is 0 Å². The monoisotopic (exact) mass is 291 g/mol. The number of nitrogens with one attached hydrogen (secondary N) is 1. The predicted octanol–water partition coefficient (Wildman–Crippen LogP) is -0.790. The van der Waals surface area contributed by atoms with Crippen LogP contribution in [0.25, 0.3) is 0 Å². The highest BCUT2D eigenvalue weighted by atomic mass is 32.2. The Labute approximate surface area is 109 Å². The Kier molecular flexibility index (Phi) is 4.27. The minimum absolute atomic E-state index is 0.0779. The van der Waals surface area contributed by atoms with E-state index in [0.29, 0.717) is 4.31 Å². The van der Waals surface area contributed by atoms with E-state index < -0.39 is 39.1 Å². The SMILES string of the molecule is COC(=O)CN(C)S(=O)(=O)c1c(C(=O)O)n[nH]c1C. The molecule has 0 amide bonds. The van der Waals surface area contributed by atoms with Crippen molar-refractivity contribution in [1.29, 1.82) is 0 Å². The van der Waals surface area contributed by atoms with Crippen molar-refractivity contribution in [2.24, 2.45) is 0 Å². The van der Waals surface area contributed by atoms with Crippen LogP contribution in [0, 0.1) is 6.92 Å². The van der Waals surface area contributed by atoms with Crippen molar-refractivity contribution in [2.75, 3.05) is 20.7 Å². The van der Waals surface area contributed by atoms with E-state index in [1.54, 1.807) is 0 Å². The Morgan fingerprint density at radius 3 is 2.53 bits per heavy atom. The maximum Gasteiger partial charge on any atom is 0.357 e. The molecule has 2 N–H and O–H groups in total. The van der Waals surface area contributed by atoms with Gasteiger partial charge in [-0.25, -0.2) is 13.2 Å². The third-order valence-corrected chi connectivity index (χ3v) is 4.31. The Bertz CT molecular complexity index is 605. The first-order valence-electron chi connectivity index (χ1n) is 5.03. The van der Waals surface area contributed by atoms with Crippen LogP contribution in [0.15, 0.2) is 4.90 Å². The second-order valence-electron chi connectivity index (χ2n) is 3.67. The van der Waals surface area contributed by atoms with Gasteiger partial charge in [-0.3, -0.25) is 9.89 Å². The number of nitrogens with zero attached hydrogens (tertiary/aromatic N) is 2. The number of carbonyl (C=O) groups excluding carboxylic acids is 1. The van der Waals surface area contributed by atoms with Crippen molar-refractivity contribution < 1.29 is 27.9 Å². The minimum Gasteiger partial charge on any atom is -0.476 e. The number of hydrogen-bond donors (Lipinski definition) is 2. The van der Waals surface area contributed by atoms with Gasteiger partial charge < -0.3 is 9.84 Å². The van der Waals surface area contributed by atoms with Gasteiger partial charge in [-0.05, 0) is 6.92 Å². The van der Waals surface area contributed by atoms with Crippen LogP contribution in [0.1, 0.15) is 16.2 Å². The van der Waals surface area contributed by atoms with Gasteiger partial charge in [0.1, 0.15) is 11.4 Å². The summed E-state index contributed by atoms with van der Waals surface area (Å²) < 4.78 is 29.4. The Morgan fingerprint density at radius 1 is 1.47 bits per heavy atom. The molecule has 0 aliphatic rings. The van der Waals surface area contributed by atoms with E-state index in [1.165, 1.54) is 6.92 Å². The number of aromatic nitrogens is 2. The fraction of sp³-hybridized carbons (Fsp3) is 0.444. The summed E-state index contributed by atoms with van der Waals surface area (Å²) in [5.74, 6) is -2.24. The molecule has 106 valence electrons. The van der Waals surface area contributed by atoms with E-state index in [1.807, 2.05) is 0 Å². The van der Waals surface area contributed by atoms with Crippen LogP contribution in [-0.4, -0.2) is 60.7 Å². The third kappa shape index (κ3) is 2.90. The predicted molar refractivity (Wildman–Crippen MR) is 62.1 cm³/mol. The highest BCUT2D eigenvalue weighted by Crippen LogP contribution is 2.21. The lowest BCUT2D eigenvalue weighted by molar-refractivity contribution is -0.140. The molecule has 0 fully saturated rings. The van der Waals surface area contributed by atoms with Crippen LogP contribution in [0.4, 0.5) is 0 Å². The molecule has 10 heteroatoms. The van der Waals surface area contributed by atoms with Gasteiger partial charge >= 0.3 is 11.9 Å². The van der Waals surface area contributed by atoms with Gasteiger partial charge in [-0.15, -0.1) is 0 Å². The Balaban J connectivity index is 3.24. The summed E-state index contributed by atoms with van der Waals surface area (Å²) in [7, 11) is -1.89. The number of H-pyrrole nitrogens is 1. The van der Waals surface area contributed by atoms with Gasteiger partial charge in [0.2, 0.25) is 10.0 Å². The molecule has 1 heterocycles. The molecule has 1 aromatic rings. The normalized spacial score (nSPS) is 11.6. The fourth-order valence-corrected chi connectivity index (χ4v) is 2.76. The highest BCUT2D eigenvalue weighted by Gasteiger charge is 2.32. The molecule has 0 aliphatic carbocycles. The van der Waals surface area contributed by atoms with Crippen molar-refractivity contribution in [2.45, 2.75) is 11.8 Å². The minimum atomic E-state index is -4.15. The maximum atomic E-state index is 12.2. The van der Waals surface area contributed by atoms with Crippen molar-refractivity contribution in [3.63, 3.8) is 0 Å². The second kappa shape index (κ2) is 5.36. The number of esters is 1. The fourth-order valence-electron chi connectivity index (χ4n) is 1.37. The summed E-state index contributed by atoms with van der Waals surface area (Å²) in [6, 6.07) is 0. The van der Waals surface area contributed by atoms with E-state index in [-0.39, 0.29) is 5.69 Å². The van der Waals surface area contributed by atoms with E-state index in [2.05, 4.69) is 14.9 Å². The molecule has 0 spiro atoms. The Hall–Kier alpha value is -1.94. The third-order valence-electron chi connectivity index (χ3n) is 2.34. The lowest BCUT2D eigenvalue weighted by atomic mass is 10.4. The molecule has 0 aromatic carbocycles. The molecule has 0 unspecified atom stereocenters. The van der Waals surface area contributed by atoms with Crippen LogP contribution in [0.3, 0.4) is 0 Å². The number of sulfonamides is 1. The lowest BCUT2D eigenvalue weighted by Gasteiger charge is -2.15. The molecular formula is C9H13N3O6S. The lowest BCUT2D eigenvalue weighted by Crippen LogP contribution is -2.33. The molecule has 1 aromatic heterocycles. The molecule has 0 aliphatic heterocycles. The van der Waals surface area contributed by atoms with E-state index in [0.717, 1.165) is 14.2 Å². The van der Waals surface area contributed by atoms with E-state index in [4.69, 9.17) is 5.11 Å². The van der Waals surface area contributed by atoms with E-state index >= 15 is 0 Å². The first kappa shape index (κ1) is 15.1. The summed E-state index contributed by atoms with van der Waals surface area (Å²) in [5, 5.41) is 14.6. The number of aromatic amines is 1. The van der Waals surface area contributed by atoms with Gasteiger partial charge in [0.15, 0.2) is 5.69 Å². The summed E-state index contributed by atoms with van der Waals surface area (Å²) >= 11 is 0. The number of hydrogen-bond acceptors (Lipinski definition) is 6. The molecule has 1 rings (SSSR count). The number of likely N-dealkylation sites (N-methyl/N-ethyl adjacent to an activating group) is 1. The van der Waals surface area contributed by atoms with Crippen molar-refractivity contribution in [3.8, 4) is 0 Å². The van der Waals surface area contributed by atoms with Gasteiger partial charge in [0.25, 0.3) is 0 Å². The van der Waals surface area contributed by atoms with Gasteiger partial charge in [0, 0.05) is 7.05 Å². The highest BCUT2D eigenvalue weighted by molar-refractivity contribution is 7.89. The van der Waals surface area contributed by atoms with Crippen LogP contribution in [0.2, 0.25) is 0 Å². The maximum absolute atomic E-state index is 12.2. The van der Waals surface area contributed by atoms with E-state index in [9.17, 15) is 18.0 Å². The van der Waals surface area contributed by atoms with Crippen LogP contribution in [0.5, 0.6) is 0 Å². The number of aromatic carboxylic acids is 1. The summed E-state index contributed by atoms with van der Waals surface area (Å²) in [6.45, 7) is 0.848. The number of carboxylic acids is 1. The van der Waals surface area contributed by atoms with Gasteiger partial charge in [-0.1, -0.05) is 0 Å². The van der Waals surface area contributed by atoms with Crippen LogP contribution >= 0.6 is 0 Å². The average molecular weight is 291 g/mol. The standard InChI is InChI=1S/C9H13N3O6S/c1-5-8(7(9(14)15)11-10-5)19(16,17)12(2)4-6(13)18-3/h4H2,1-3H3,(H,10,11)(H,14,15). The number of methoxy groups -OCH3 is 1. The number of rotatable bonds is 5. The van der Waals surface area contributed by atoms with Gasteiger partial charge in [0.05, 0.1) is 12.8 Å². The van der Waals surface area contributed by atoms with Crippen LogP contribution in [-0.2, 0) is 19.6 Å². The largest absolute Gasteiger partial charge is 0.476 e. The smallest absolute Gasteiger partial charge is 0.357 e. The van der Waals surface area contributed by atoms with Gasteiger partial charge in [-0.2, -0.15) is 9.40 Å². The zero-order chi connectivity index (χ0) is 14.8. The Morgan fingerprint density at radius 2 is 2.05 bits per heavy atom. The number of carbonyl (C=O) groups is 2. The molecule has 0 radical (unpaired) electrons. The average Bonchev–Trinajstić information content (AvgIpc) is 2.71.